The van der Waals surface area contributed by atoms with E-state index in [-0.39, 0.29) is 0 Å². The summed E-state index contributed by atoms with van der Waals surface area (Å²) in [6, 6.07) is 8.73. The highest BCUT2D eigenvalue weighted by atomic mass is 32.1. The Bertz CT molecular complexity index is 575. The van der Waals surface area contributed by atoms with Crippen LogP contribution in [0, 0.1) is 5.92 Å². The number of hydrogen-bond donors (Lipinski definition) is 1. The zero-order valence-corrected chi connectivity index (χ0v) is 13.1. The summed E-state index contributed by atoms with van der Waals surface area (Å²) in [4.78, 5) is 4.00. The minimum Gasteiger partial charge on any atom is -0.326 e. The predicted molar refractivity (Wildman–Crippen MR) is 88.0 cm³/mol. The maximum absolute atomic E-state index is 5.96. The fraction of sp³-hybridized carbons (Fsp3) is 0.529. The Morgan fingerprint density at radius 3 is 3.00 bits per heavy atom. The van der Waals surface area contributed by atoms with Gasteiger partial charge in [0.05, 0.1) is 0 Å². The van der Waals surface area contributed by atoms with E-state index in [9.17, 15) is 0 Å². The first-order valence-electron chi connectivity index (χ1n) is 7.73. The third-order valence-electron chi connectivity index (χ3n) is 4.53. The van der Waals surface area contributed by atoms with Crippen LogP contribution in [-0.4, -0.2) is 18.0 Å². The number of nitrogens with zero attached hydrogens (tertiary/aromatic N) is 1. The fourth-order valence-electron chi connectivity index (χ4n) is 3.34. The van der Waals surface area contributed by atoms with Crippen LogP contribution < -0.4 is 5.73 Å². The van der Waals surface area contributed by atoms with Gasteiger partial charge in [-0.15, -0.1) is 11.3 Å². The zero-order valence-electron chi connectivity index (χ0n) is 12.3. The van der Waals surface area contributed by atoms with Crippen LogP contribution >= 0.6 is 11.3 Å². The molecule has 2 nitrogen and oxygen atoms in total. The van der Waals surface area contributed by atoms with Gasteiger partial charge in [0.25, 0.3) is 0 Å². The monoisotopic (exact) mass is 288 g/mol. The van der Waals surface area contributed by atoms with Crippen molar-refractivity contribution in [1.29, 1.82) is 0 Å². The third-order valence-corrected chi connectivity index (χ3v) is 5.76. The molecule has 2 heterocycles. The standard InChI is InChI=1S/C17H24N2S/c1-2-13-6-5-9-19(11-13)12-15-14-7-3-4-8-16(14)20-17(15)10-18/h3-4,7-8,13H,2,5-6,9-12,18H2,1H3. The molecule has 1 atom stereocenters. The van der Waals surface area contributed by atoms with Crippen molar-refractivity contribution in [3.05, 3.63) is 34.7 Å². The Kier molecular flexibility index (Phi) is 4.39. The van der Waals surface area contributed by atoms with E-state index >= 15 is 0 Å². The average Bonchev–Trinajstić information content (AvgIpc) is 2.85. The largest absolute Gasteiger partial charge is 0.326 e. The van der Waals surface area contributed by atoms with Gasteiger partial charge in [-0.1, -0.05) is 31.5 Å². The van der Waals surface area contributed by atoms with E-state index < -0.39 is 0 Å². The first kappa shape index (κ1) is 14.1. The van der Waals surface area contributed by atoms with Crippen molar-refractivity contribution < 1.29 is 0 Å². The van der Waals surface area contributed by atoms with Crippen molar-refractivity contribution in [1.82, 2.24) is 4.90 Å². The molecule has 1 aromatic heterocycles. The van der Waals surface area contributed by atoms with E-state index in [1.807, 2.05) is 11.3 Å². The number of piperidine rings is 1. The predicted octanol–water partition coefficient (Wildman–Crippen LogP) is 3.98. The molecule has 1 saturated heterocycles. The van der Waals surface area contributed by atoms with Gasteiger partial charge in [0.1, 0.15) is 0 Å². The van der Waals surface area contributed by atoms with Crippen LogP contribution in [0.3, 0.4) is 0 Å². The molecule has 0 saturated carbocycles. The van der Waals surface area contributed by atoms with Crippen LogP contribution in [-0.2, 0) is 13.1 Å². The summed E-state index contributed by atoms with van der Waals surface area (Å²) in [5, 5.41) is 1.41. The zero-order chi connectivity index (χ0) is 13.9. The second-order valence-electron chi connectivity index (χ2n) is 5.86. The van der Waals surface area contributed by atoms with E-state index in [1.54, 1.807) is 0 Å². The number of thiophene rings is 1. The lowest BCUT2D eigenvalue weighted by Gasteiger charge is -2.32. The molecular weight excluding hydrogens is 264 g/mol. The summed E-state index contributed by atoms with van der Waals surface area (Å²) in [5.74, 6) is 0.884. The molecule has 1 unspecified atom stereocenters. The molecule has 2 N–H and O–H groups in total. The Morgan fingerprint density at radius 2 is 2.20 bits per heavy atom. The maximum Gasteiger partial charge on any atom is 0.0349 e. The fourth-order valence-corrected chi connectivity index (χ4v) is 4.43. The number of fused-ring (bicyclic) bond motifs is 1. The van der Waals surface area contributed by atoms with Crippen molar-refractivity contribution in [2.24, 2.45) is 11.7 Å². The topological polar surface area (TPSA) is 29.3 Å². The Morgan fingerprint density at radius 1 is 1.35 bits per heavy atom. The van der Waals surface area contributed by atoms with Crippen molar-refractivity contribution >= 4 is 21.4 Å². The lowest BCUT2D eigenvalue weighted by Crippen LogP contribution is -2.34. The molecule has 1 aliphatic heterocycles. The molecule has 0 aliphatic carbocycles. The van der Waals surface area contributed by atoms with E-state index in [4.69, 9.17) is 5.73 Å². The summed E-state index contributed by atoms with van der Waals surface area (Å²) < 4.78 is 1.38. The summed E-state index contributed by atoms with van der Waals surface area (Å²) in [6.07, 6.45) is 4.06. The second kappa shape index (κ2) is 6.25. The van der Waals surface area contributed by atoms with Gasteiger partial charge >= 0.3 is 0 Å². The van der Waals surface area contributed by atoms with Gasteiger partial charge in [0.15, 0.2) is 0 Å². The molecule has 0 radical (unpaired) electrons. The summed E-state index contributed by atoms with van der Waals surface area (Å²) in [5.41, 5.74) is 7.44. The van der Waals surface area contributed by atoms with Crippen LogP contribution in [0.4, 0.5) is 0 Å². The number of hydrogen-bond acceptors (Lipinski definition) is 3. The molecule has 20 heavy (non-hydrogen) atoms. The quantitative estimate of drug-likeness (QED) is 0.922. The van der Waals surface area contributed by atoms with Gasteiger partial charge in [-0.05, 0) is 42.3 Å². The van der Waals surface area contributed by atoms with Gasteiger partial charge in [0, 0.05) is 29.2 Å². The number of nitrogens with two attached hydrogens (primary N) is 1. The molecule has 108 valence electrons. The molecular formula is C17H24N2S. The van der Waals surface area contributed by atoms with Crippen LogP contribution in [0.2, 0.25) is 0 Å². The SMILES string of the molecule is CCC1CCCN(Cc2c(CN)sc3ccccc23)C1. The van der Waals surface area contributed by atoms with Crippen molar-refractivity contribution in [2.45, 2.75) is 39.3 Å². The van der Waals surface area contributed by atoms with Crippen LogP contribution in [0.5, 0.6) is 0 Å². The molecule has 0 amide bonds. The molecule has 3 rings (SSSR count). The highest BCUT2D eigenvalue weighted by Gasteiger charge is 2.20. The normalized spacial score (nSPS) is 20.6. The lowest BCUT2D eigenvalue weighted by atomic mass is 9.95. The van der Waals surface area contributed by atoms with Crippen LogP contribution in [0.25, 0.3) is 10.1 Å². The Labute approximate surface area is 125 Å². The average molecular weight is 288 g/mol. The molecule has 2 aromatic rings. The minimum absolute atomic E-state index is 0.666. The van der Waals surface area contributed by atoms with Gasteiger partial charge in [-0.2, -0.15) is 0 Å². The molecule has 3 heteroatoms. The molecule has 1 fully saturated rings. The first-order chi connectivity index (χ1) is 9.81. The van der Waals surface area contributed by atoms with Crippen LogP contribution in [0.15, 0.2) is 24.3 Å². The van der Waals surface area contributed by atoms with Gasteiger partial charge in [-0.3, -0.25) is 4.90 Å². The van der Waals surface area contributed by atoms with Gasteiger partial charge in [-0.25, -0.2) is 0 Å². The third kappa shape index (κ3) is 2.76. The highest BCUT2D eigenvalue weighted by molar-refractivity contribution is 7.19. The summed E-state index contributed by atoms with van der Waals surface area (Å²) in [6.45, 7) is 6.56. The van der Waals surface area contributed by atoms with Crippen molar-refractivity contribution in [3.63, 3.8) is 0 Å². The summed E-state index contributed by atoms with van der Waals surface area (Å²) in [7, 11) is 0. The van der Waals surface area contributed by atoms with Gasteiger partial charge in [0.2, 0.25) is 0 Å². The second-order valence-corrected chi connectivity index (χ2v) is 6.99. The highest BCUT2D eigenvalue weighted by Crippen LogP contribution is 2.33. The summed E-state index contributed by atoms with van der Waals surface area (Å²) >= 11 is 1.87. The van der Waals surface area contributed by atoms with Gasteiger partial charge < -0.3 is 5.73 Å². The molecule has 0 bridgehead atoms. The number of rotatable bonds is 4. The van der Waals surface area contributed by atoms with Crippen molar-refractivity contribution in [2.75, 3.05) is 13.1 Å². The molecule has 0 spiro atoms. The molecule has 1 aliphatic rings. The van der Waals surface area contributed by atoms with Crippen LogP contribution in [0.1, 0.15) is 36.6 Å². The molecule has 1 aromatic carbocycles. The van der Waals surface area contributed by atoms with E-state index in [1.165, 1.54) is 52.9 Å². The minimum atomic E-state index is 0.666. The lowest BCUT2D eigenvalue weighted by molar-refractivity contribution is 0.165. The van der Waals surface area contributed by atoms with E-state index in [0.29, 0.717) is 6.54 Å². The Balaban J connectivity index is 1.86. The number of likely N-dealkylation sites (tertiary alicyclic amines) is 1. The van der Waals surface area contributed by atoms with E-state index in [2.05, 4.69) is 36.1 Å². The maximum atomic E-state index is 5.96. The Hall–Kier alpha value is -0.900. The first-order valence-corrected chi connectivity index (χ1v) is 8.55. The van der Waals surface area contributed by atoms with Crippen molar-refractivity contribution in [3.8, 4) is 0 Å². The van der Waals surface area contributed by atoms with E-state index in [0.717, 1.165) is 12.5 Å². The smallest absolute Gasteiger partial charge is 0.0349 e. The number of benzene rings is 1.